The van der Waals surface area contributed by atoms with Crippen LogP contribution in [-0.2, 0) is 15.4 Å². The molecule has 0 saturated carbocycles. The van der Waals surface area contributed by atoms with Gasteiger partial charge in [0.2, 0.25) is 0 Å². The van der Waals surface area contributed by atoms with Crippen molar-refractivity contribution in [3.05, 3.63) is 83.6 Å². The lowest BCUT2D eigenvalue weighted by Gasteiger charge is -2.24. The predicted octanol–water partition coefficient (Wildman–Crippen LogP) is 5.26. The zero-order valence-electron chi connectivity index (χ0n) is 18.0. The number of halogens is 1. The molecule has 0 atom stereocenters. The molecule has 168 valence electrons. The maximum Gasteiger partial charge on any atom is 0.264 e. The van der Waals surface area contributed by atoms with Gasteiger partial charge in [-0.05, 0) is 30.3 Å². The molecule has 0 bridgehead atoms. The van der Waals surface area contributed by atoms with Gasteiger partial charge in [0.15, 0.2) is 5.82 Å². The minimum absolute atomic E-state index is 0.0109. The van der Waals surface area contributed by atoms with Gasteiger partial charge in [-0.25, -0.2) is 8.42 Å². The van der Waals surface area contributed by atoms with Gasteiger partial charge in [0.1, 0.15) is 5.76 Å². The number of rotatable bonds is 7. The second-order valence-electron chi connectivity index (χ2n) is 8.08. The van der Waals surface area contributed by atoms with Gasteiger partial charge < -0.3 is 9.84 Å². The molecule has 1 N–H and O–H groups in total. The van der Waals surface area contributed by atoms with Crippen molar-refractivity contribution in [1.82, 2.24) is 5.16 Å². The predicted molar refractivity (Wildman–Crippen MR) is 126 cm³/mol. The van der Waals surface area contributed by atoms with E-state index in [1.165, 1.54) is 30.3 Å². The number of aromatic nitrogens is 1. The summed E-state index contributed by atoms with van der Waals surface area (Å²) in [6.45, 7) is 9.54. The Hall–Kier alpha value is -3.10. The van der Waals surface area contributed by atoms with E-state index in [0.717, 1.165) is 4.31 Å². The lowest BCUT2D eigenvalue weighted by atomic mass is 9.93. The molecule has 0 radical (unpaired) electrons. The second-order valence-corrected chi connectivity index (χ2v) is 10.4. The standard InChI is InChI=1S/C23H24ClN3O4S/c1-5-13-27(19-12-7-6-11-18(19)24)32(29,30)17-10-8-9-16(14-17)22(28)25-21-15-20(31-26-21)23(2,3)4/h5-12,14-15H,1,13H2,2-4H3,(H,25,26,28). The minimum Gasteiger partial charge on any atom is -0.359 e. The van der Waals surface area contributed by atoms with Gasteiger partial charge in [-0.2, -0.15) is 0 Å². The molecule has 1 amide bonds. The van der Waals surface area contributed by atoms with Gasteiger partial charge in [-0.1, -0.05) is 61.8 Å². The third-order valence-corrected chi connectivity index (χ3v) is 6.69. The molecule has 0 saturated heterocycles. The summed E-state index contributed by atoms with van der Waals surface area (Å²) in [5, 5.41) is 6.78. The third-order valence-electron chi connectivity index (χ3n) is 4.59. The number of carbonyl (C=O) groups excluding carboxylic acids is 1. The first kappa shape index (κ1) is 23.6. The Balaban J connectivity index is 1.91. The summed E-state index contributed by atoms with van der Waals surface area (Å²) in [6.07, 6.45) is 1.47. The number of hydrogen-bond donors (Lipinski definition) is 1. The molecule has 3 aromatic rings. The zero-order valence-corrected chi connectivity index (χ0v) is 19.6. The summed E-state index contributed by atoms with van der Waals surface area (Å²) >= 11 is 6.23. The van der Waals surface area contributed by atoms with Crippen LogP contribution in [0.3, 0.4) is 0 Å². The van der Waals surface area contributed by atoms with E-state index >= 15 is 0 Å². The normalized spacial score (nSPS) is 11.8. The van der Waals surface area contributed by atoms with Crippen molar-refractivity contribution in [2.24, 2.45) is 0 Å². The number of anilines is 2. The largest absolute Gasteiger partial charge is 0.359 e. The van der Waals surface area contributed by atoms with Crippen molar-refractivity contribution in [3.63, 3.8) is 0 Å². The molecule has 0 spiro atoms. The van der Waals surface area contributed by atoms with E-state index in [1.54, 1.807) is 30.3 Å². The smallest absolute Gasteiger partial charge is 0.264 e. The number of benzene rings is 2. The van der Waals surface area contributed by atoms with Crippen LogP contribution >= 0.6 is 11.6 Å². The van der Waals surface area contributed by atoms with Crippen molar-refractivity contribution in [2.75, 3.05) is 16.2 Å². The number of carbonyl (C=O) groups is 1. The monoisotopic (exact) mass is 473 g/mol. The van der Waals surface area contributed by atoms with E-state index in [9.17, 15) is 13.2 Å². The Morgan fingerprint density at radius 3 is 2.53 bits per heavy atom. The first-order valence-electron chi connectivity index (χ1n) is 9.81. The Morgan fingerprint density at radius 2 is 1.91 bits per heavy atom. The number of nitrogens with zero attached hydrogens (tertiary/aromatic N) is 2. The molecule has 0 fully saturated rings. The average Bonchev–Trinajstić information content (AvgIpc) is 3.22. The molecular weight excluding hydrogens is 450 g/mol. The van der Waals surface area contributed by atoms with Crippen LogP contribution in [0.25, 0.3) is 0 Å². The highest BCUT2D eigenvalue weighted by atomic mass is 35.5. The van der Waals surface area contributed by atoms with Gasteiger partial charge in [-0.15, -0.1) is 6.58 Å². The molecule has 0 aliphatic carbocycles. The summed E-state index contributed by atoms with van der Waals surface area (Å²) in [4.78, 5) is 12.7. The fourth-order valence-corrected chi connectivity index (χ4v) is 4.69. The van der Waals surface area contributed by atoms with E-state index in [-0.39, 0.29) is 33.3 Å². The average molecular weight is 474 g/mol. The van der Waals surface area contributed by atoms with Crippen LogP contribution in [0, 0.1) is 0 Å². The van der Waals surface area contributed by atoms with Gasteiger partial charge in [0.25, 0.3) is 15.9 Å². The molecule has 3 rings (SSSR count). The fraction of sp³-hybridized carbons (Fsp3) is 0.217. The van der Waals surface area contributed by atoms with E-state index in [4.69, 9.17) is 16.1 Å². The Labute approximate surface area is 192 Å². The molecule has 2 aromatic carbocycles. The molecular formula is C23H24ClN3O4S. The van der Waals surface area contributed by atoms with Crippen molar-refractivity contribution < 1.29 is 17.7 Å². The molecule has 0 aliphatic rings. The number of amides is 1. The van der Waals surface area contributed by atoms with E-state index in [1.807, 2.05) is 20.8 Å². The summed E-state index contributed by atoms with van der Waals surface area (Å²) in [5.74, 6) is 0.352. The molecule has 7 nitrogen and oxygen atoms in total. The van der Waals surface area contributed by atoms with Crippen LogP contribution < -0.4 is 9.62 Å². The van der Waals surface area contributed by atoms with Crippen LogP contribution in [0.1, 0.15) is 36.9 Å². The first-order valence-corrected chi connectivity index (χ1v) is 11.6. The number of hydrogen-bond acceptors (Lipinski definition) is 5. The van der Waals surface area contributed by atoms with Crippen molar-refractivity contribution >= 4 is 39.0 Å². The molecule has 9 heteroatoms. The van der Waals surface area contributed by atoms with Gasteiger partial charge in [-0.3, -0.25) is 9.10 Å². The summed E-state index contributed by atoms with van der Waals surface area (Å²) < 4.78 is 33.2. The lowest BCUT2D eigenvalue weighted by Crippen LogP contribution is -2.31. The Kier molecular flexibility index (Phi) is 6.76. The highest BCUT2D eigenvalue weighted by Crippen LogP contribution is 2.30. The molecule has 0 aliphatic heterocycles. The molecule has 0 unspecified atom stereocenters. The van der Waals surface area contributed by atoms with Crippen molar-refractivity contribution in [1.29, 1.82) is 0 Å². The maximum atomic E-state index is 13.4. The van der Waals surface area contributed by atoms with Crippen LogP contribution in [0.5, 0.6) is 0 Å². The summed E-state index contributed by atoms with van der Waals surface area (Å²) in [7, 11) is -4.02. The van der Waals surface area contributed by atoms with E-state index in [2.05, 4.69) is 17.1 Å². The SMILES string of the molecule is C=CCN(c1ccccc1Cl)S(=O)(=O)c1cccc(C(=O)Nc2cc(C(C)(C)C)on2)c1. The lowest BCUT2D eigenvalue weighted by molar-refractivity contribution is 0.102. The molecule has 1 aromatic heterocycles. The van der Waals surface area contributed by atoms with Crippen LogP contribution in [0.4, 0.5) is 11.5 Å². The highest BCUT2D eigenvalue weighted by Gasteiger charge is 2.27. The summed E-state index contributed by atoms with van der Waals surface area (Å²) in [6, 6.07) is 14.0. The van der Waals surface area contributed by atoms with E-state index < -0.39 is 15.9 Å². The number of sulfonamides is 1. The topological polar surface area (TPSA) is 92.5 Å². The van der Waals surface area contributed by atoms with Crippen molar-refractivity contribution in [2.45, 2.75) is 31.1 Å². The third kappa shape index (κ3) is 5.03. The second kappa shape index (κ2) is 9.18. The van der Waals surface area contributed by atoms with Crippen molar-refractivity contribution in [3.8, 4) is 0 Å². The molecule has 1 heterocycles. The highest BCUT2D eigenvalue weighted by molar-refractivity contribution is 7.92. The Bertz CT molecular complexity index is 1250. The Morgan fingerprint density at radius 1 is 1.19 bits per heavy atom. The minimum atomic E-state index is -4.02. The van der Waals surface area contributed by atoms with Crippen LogP contribution in [0.2, 0.25) is 5.02 Å². The maximum absolute atomic E-state index is 13.4. The van der Waals surface area contributed by atoms with Gasteiger partial charge in [0, 0.05) is 17.0 Å². The number of para-hydroxylation sites is 1. The summed E-state index contributed by atoms with van der Waals surface area (Å²) in [5.41, 5.74) is 0.211. The van der Waals surface area contributed by atoms with Gasteiger partial charge in [0.05, 0.1) is 22.2 Å². The fourth-order valence-electron chi connectivity index (χ4n) is 2.90. The molecule has 32 heavy (non-hydrogen) atoms. The first-order chi connectivity index (χ1) is 15.0. The van der Waals surface area contributed by atoms with Crippen LogP contribution in [0.15, 0.2) is 76.7 Å². The van der Waals surface area contributed by atoms with E-state index in [0.29, 0.717) is 11.4 Å². The van der Waals surface area contributed by atoms with Gasteiger partial charge >= 0.3 is 0 Å². The number of nitrogens with one attached hydrogen (secondary N) is 1. The quantitative estimate of drug-likeness (QED) is 0.472. The zero-order chi connectivity index (χ0) is 23.5. The van der Waals surface area contributed by atoms with Crippen LogP contribution in [-0.4, -0.2) is 26.0 Å².